The molecular formula is C20H22N2O5. The monoisotopic (exact) mass is 370 g/mol. The largest absolute Gasteiger partial charge is 0.497 e. The lowest BCUT2D eigenvalue weighted by Crippen LogP contribution is -2.13. The van der Waals surface area contributed by atoms with Crippen LogP contribution in [0.15, 0.2) is 41.3 Å². The SMILES string of the molecule is COc1ccc(-c2coc3ncnc(O[C@H](C)CCCCC(=O)O)c23)cc1. The summed E-state index contributed by atoms with van der Waals surface area (Å²) in [5.41, 5.74) is 2.26. The van der Waals surface area contributed by atoms with Gasteiger partial charge in [-0.3, -0.25) is 4.79 Å². The molecule has 0 aliphatic carbocycles. The zero-order chi connectivity index (χ0) is 19.2. The number of unbranched alkanes of at least 4 members (excludes halogenated alkanes) is 1. The van der Waals surface area contributed by atoms with Gasteiger partial charge in [0.05, 0.1) is 13.2 Å². The molecule has 2 aromatic heterocycles. The first kappa shape index (κ1) is 18.7. The van der Waals surface area contributed by atoms with E-state index in [1.165, 1.54) is 6.33 Å². The van der Waals surface area contributed by atoms with Gasteiger partial charge in [-0.1, -0.05) is 12.1 Å². The third-order valence-electron chi connectivity index (χ3n) is 4.30. The van der Waals surface area contributed by atoms with Crippen molar-refractivity contribution in [3.8, 4) is 22.8 Å². The topological polar surface area (TPSA) is 94.7 Å². The van der Waals surface area contributed by atoms with Crippen LogP contribution in [0, 0.1) is 0 Å². The van der Waals surface area contributed by atoms with Gasteiger partial charge in [-0.15, -0.1) is 0 Å². The Hall–Kier alpha value is -3.09. The fourth-order valence-corrected chi connectivity index (χ4v) is 2.88. The van der Waals surface area contributed by atoms with Crippen LogP contribution in [0.5, 0.6) is 11.6 Å². The number of methoxy groups -OCH3 is 1. The number of fused-ring (bicyclic) bond motifs is 1. The van der Waals surface area contributed by atoms with Crippen LogP contribution in [0.3, 0.4) is 0 Å². The van der Waals surface area contributed by atoms with Crippen molar-refractivity contribution in [2.75, 3.05) is 7.11 Å². The highest BCUT2D eigenvalue weighted by molar-refractivity contribution is 5.95. The molecule has 3 rings (SSSR count). The molecule has 0 fully saturated rings. The molecule has 0 saturated carbocycles. The number of ether oxygens (including phenoxy) is 2. The Morgan fingerprint density at radius 1 is 1.22 bits per heavy atom. The van der Waals surface area contributed by atoms with E-state index in [1.807, 2.05) is 31.2 Å². The molecule has 27 heavy (non-hydrogen) atoms. The molecule has 142 valence electrons. The summed E-state index contributed by atoms with van der Waals surface area (Å²) in [4.78, 5) is 19.1. The summed E-state index contributed by atoms with van der Waals surface area (Å²) in [6.45, 7) is 1.95. The fraction of sp³-hybridized carbons (Fsp3) is 0.350. The van der Waals surface area contributed by atoms with Gasteiger partial charge in [-0.25, -0.2) is 9.97 Å². The smallest absolute Gasteiger partial charge is 0.303 e. The van der Waals surface area contributed by atoms with Gasteiger partial charge in [0.25, 0.3) is 0 Å². The first-order chi connectivity index (χ1) is 13.1. The van der Waals surface area contributed by atoms with Crippen molar-refractivity contribution in [1.82, 2.24) is 9.97 Å². The summed E-state index contributed by atoms with van der Waals surface area (Å²) in [5, 5.41) is 9.44. The third kappa shape index (κ3) is 4.55. The van der Waals surface area contributed by atoms with E-state index < -0.39 is 5.97 Å². The molecule has 1 aromatic carbocycles. The van der Waals surface area contributed by atoms with Crippen LogP contribution in [0.25, 0.3) is 22.2 Å². The Kier molecular flexibility index (Phi) is 5.90. The molecule has 3 aromatic rings. The van der Waals surface area contributed by atoms with Crippen molar-refractivity contribution in [2.24, 2.45) is 0 Å². The van der Waals surface area contributed by atoms with Gasteiger partial charge < -0.3 is 19.0 Å². The Morgan fingerprint density at radius 3 is 2.70 bits per heavy atom. The van der Waals surface area contributed by atoms with Gasteiger partial charge in [-0.2, -0.15) is 0 Å². The second kappa shape index (κ2) is 8.53. The average Bonchev–Trinajstić information content (AvgIpc) is 3.10. The molecule has 0 aliphatic heterocycles. The number of nitrogens with zero attached hydrogens (tertiary/aromatic N) is 2. The first-order valence-corrected chi connectivity index (χ1v) is 8.83. The Labute approximate surface area is 157 Å². The zero-order valence-electron chi connectivity index (χ0n) is 15.3. The second-order valence-corrected chi connectivity index (χ2v) is 6.30. The molecule has 0 saturated heterocycles. The predicted octanol–water partition coefficient (Wildman–Crippen LogP) is 4.31. The van der Waals surface area contributed by atoms with Crippen molar-refractivity contribution in [1.29, 1.82) is 0 Å². The van der Waals surface area contributed by atoms with E-state index in [0.29, 0.717) is 18.0 Å². The zero-order valence-corrected chi connectivity index (χ0v) is 15.3. The number of aromatic nitrogens is 2. The molecule has 7 nitrogen and oxygen atoms in total. The highest BCUT2D eigenvalue weighted by Crippen LogP contribution is 2.35. The summed E-state index contributed by atoms with van der Waals surface area (Å²) in [6, 6.07) is 7.64. The predicted molar refractivity (Wildman–Crippen MR) is 100.0 cm³/mol. The van der Waals surface area contributed by atoms with Gasteiger partial charge in [-0.05, 0) is 43.9 Å². The maximum Gasteiger partial charge on any atom is 0.303 e. The molecule has 0 unspecified atom stereocenters. The van der Waals surface area contributed by atoms with E-state index in [0.717, 1.165) is 35.1 Å². The number of carbonyl (C=O) groups is 1. The minimum atomic E-state index is -0.774. The van der Waals surface area contributed by atoms with Crippen molar-refractivity contribution in [3.05, 3.63) is 36.9 Å². The normalized spacial score (nSPS) is 12.1. The minimum absolute atomic E-state index is 0.101. The maximum atomic E-state index is 10.6. The van der Waals surface area contributed by atoms with Gasteiger partial charge in [0.1, 0.15) is 23.7 Å². The van der Waals surface area contributed by atoms with Gasteiger partial charge in [0.2, 0.25) is 11.6 Å². The molecular weight excluding hydrogens is 348 g/mol. The lowest BCUT2D eigenvalue weighted by molar-refractivity contribution is -0.137. The van der Waals surface area contributed by atoms with Crippen LogP contribution in [0.1, 0.15) is 32.6 Å². The molecule has 7 heteroatoms. The van der Waals surface area contributed by atoms with Crippen molar-refractivity contribution >= 4 is 17.1 Å². The van der Waals surface area contributed by atoms with E-state index in [2.05, 4.69) is 9.97 Å². The quantitative estimate of drug-likeness (QED) is 0.561. The average molecular weight is 370 g/mol. The number of benzene rings is 1. The standard InChI is InChI=1S/C20H22N2O5/c1-13(5-3-4-6-17(23)24)27-20-18-16(11-26-19(18)21-12-22-20)14-7-9-15(25-2)10-8-14/h7-13H,3-6H2,1-2H3,(H,23,24)/t13-/m1/s1. The minimum Gasteiger partial charge on any atom is -0.497 e. The Morgan fingerprint density at radius 2 is 2.00 bits per heavy atom. The van der Waals surface area contributed by atoms with E-state index in [9.17, 15) is 4.79 Å². The van der Waals surface area contributed by atoms with E-state index >= 15 is 0 Å². The number of hydrogen-bond acceptors (Lipinski definition) is 6. The van der Waals surface area contributed by atoms with E-state index in [-0.39, 0.29) is 12.5 Å². The van der Waals surface area contributed by atoms with Crippen molar-refractivity contribution in [2.45, 2.75) is 38.7 Å². The number of furan rings is 1. The lowest BCUT2D eigenvalue weighted by Gasteiger charge is -2.14. The number of carboxylic acids is 1. The lowest BCUT2D eigenvalue weighted by atomic mass is 10.1. The van der Waals surface area contributed by atoms with Gasteiger partial charge >= 0.3 is 5.97 Å². The van der Waals surface area contributed by atoms with Crippen molar-refractivity contribution in [3.63, 3.8) is 0 Å². The molecule has 0 bridgehead atoms. The summed E-state index contributed by atoms with van der Waals surface area (Å²) in [7, 11) is 1.62. The van der Waals surface area contributed by atoms with Crippen LogP contribution >= 0.6 is 0 Å². The van der Waals surface area contributed by atoms with Crippen LogP contribution in [-0.4, -0.2) is 34.3 Å². The molecule has 0 radical (unpaired) electrons. The van der Waals surface area contributed by atoms with Crippen LogP contribution in [0.4, 0.5) is 0 Å². The van der Waals surface area contributed by atoms with Crippen LogP contribution in [-0.2, 0) is 4.79 Å². The van der Waals surface area contributed by atoms with Gasteiger partial charge in [0.15, 0.2) is 0 Å². The Bertz CT molecular complexity index is 904. The Balaban J connectivity index is 1.79. The van der Waals surface area contributed by atoms with Crippen molar-refractivity contribution < 1.29 is 23.8 Å². The maximum absolute atomic E-state index is 10.6. The summed E-state index contributed by atoms with van der Waals surface area (Å²) >= 11 is 0. The van der Waals surface area contributed by atoms with Crippen LogP contribution < -0.4 is 9.47 Å². The molecule has 1 atom stereocenters. The molecule has 2 heterocycles. The second-order valence-electron chi connectivity index (χ2n) is 6.30. The highest BCUT2D eigenvalue weighted by Gasteiger charge is 2.17. The number of hydrogen-bond donors (Lipinski definition) is 1. The van der Waals surface area contributed by atoms with Gasteiger partial charge in [0, 0.05) is 12.0 Å². The molecule has 0 amide bonds. The summed E-state index contributed by atoms with van der Waals surface area (Å²) in [5.74, 6) is 0.461. The molecule has 0 aliphatic rings. The summed E-state index contributed by atoms with van der Waals surface area (Å²) in [6.07, 6.45) is 5.28. The summed E-state index contributed by atoms with van der Waals surface area (Å²) < 4.78 is 16.8. The van der Waals surface area contributed by atoms with E-state index in [1.54, 1.807) is 13.4 Å². The molecule has 0 spiro atoms. The first-order valence-electron chi connectivity index (χ1n) is 8.83. The molecule has 1 N–H and O–H groups in total. The number of carboxylic acid groups (broad SMARTS) is 1. The fourth-order valence-electron chi connectivity index (χ4n) is 2.88. The number of aliphatic carboxylic acids is 1. The van der Waals surface area contributed by atoms with E-state index in [4.69, 9.17) is 19.0 Å². The highest BCUT2D eigenvalue weighted by atomic mass is 16.5. The van der Waals surface area contributed by atoms with Crippen LogP contribution in [0.2, 0.25) is 0 Å². The number of rotatable bonds is 9. The third-order valence-corrected chi connectivity index (χ3v) is 4.30.